The zero-order valence-corrected chi connectivity index (χ0v) is 16.5. The number of rotatable bonds is 10. The fourth-order valence-corrected chi connectivity index (χ4v) is 3.20. The van der Waals surface area contributed by atoms with E-state index in [9.17, 15) is 14.7 Å². The highest BCUT2D eigenvalue weighted by atomic mass is 16.5. The average Bonchev–Trinajstić information content (AvgIpc) is 2.73. The van der Waals surface area contributed by atoms with Crippen LogP contribution in [0.1, 0.15) is 30.9 Å². The van der Waals surface area contributed by atoms with Crippen LogP contribution in [0, 0.1) is 0 Å². The molecule has 28 heavy (non-hydrogen) atoms. The van der Waals surface area contributed by atoms with E-state index in [2.05, 4.69) is 5.32 Å². The van der Waals surface area contributed by atoms with Gasteiger partial charge in [0.25, 0.3) is 0 Å². The van der Waals surface area contributed by atoms with E-state index in [1.54, 1.807) is 50.6 Å². The number of ether oxygens (including phenoxy) is 2. The number of benzene rings is 2. The molecule has 0 radical (unpaired) electrons. The standard InChI is InChI=1S/C22H27NO5/c1-4-22(21(25)26,17-8-6-5-7-9-17)15-23-20(24)13-10-16-14-18(27-2)11-12-19(16)28-3/h5-9,11-12,14H,4,10,13,15H2,1-3H3,(H,23,24)(H,25,26). The predicted octanol–water partition coefficient (Wildman–Crippen LogP) is 3.19. The molecular formula is C22H27NO5. The summed E-state index contributed by atoms with van der Waals surface area (Å²) < 4.78 is 10.6. The van der Waals surface area contributed by atoms with Gasteiger partial charge in [0.1, 0.15) is 16.9 Å². The topological polar surface area (TPSA) is 84.9 Å². The molecule has 0 saturated heterocycles. The first-order valence-corrected chi connectivity index (χ1v) is 9.23. The Labute approximate surface area is 165 Å². The molecule has 0 spiro atoms. The molecule has 2 aromatic rings. The normalized spacial score (nSPS) is 12.7. The number of aliphatic carboxylic acids is 1. The lowest BCUT2D eigenvalue weighted by atomic mass is 9.78. The van der Waals surface area contributed by atoms with E-state index in [-0.39, 0.29) is 18.9 Å². The maximum absolute atomic E-state index is 12.4. The van der Waals surface area contributed by atoms with Gasteiger partial charge in [-0.1, -0.05) is 37.3 Å². The van der Waals surface area contributed by atoms with E-state index in [4.69, 9.17) is 9.47 Å². The Hall–Kier alpha value is -3.02. The number of nitrogens with one attached hydrogen (secondary N) is 1. The molecule has 2 aromatic carbocycles. The number of hydrogen-bond acceptors (Lipinski definition) is 4. The third-order valence-corrected chi connectivity index (χ3v) is 5.04. The fraction of sp³-hybridized carbons (Fsp3) is 0.364. The van der Waals surface area contributed by atoms with Crippen molar-refractivity contribution in [3.05, 3.63) is 59.7 Å². The second-order valence-corrected chi connectivity index (χ2v) is 6.56. The van der Waals surface area contributed by atoms with Gasteiger partial charge in [0.05, 0.1) is 14.2 Å². The molecule has 1 amide bonds. The minimum absolute atomic E-state index is 0.0386. The van der Waals surface area contributed by atoms with Gasteiger partial charge >= 0.3 is 5.97 Å². The van der Waals surface area contributed by atoms with E-state index in [1.165, 1.54) is 0 Å². The molecule has 2 rings (SSSR count). The summed E-state index contributed by atoms with van der Waals surface area (Å²) in [6.45, 7) is 1.85. The summed E-state index contributed by atoms with van der Waals surface area (Å²) in [7, 11) is 3.16. The van der Waals surface area contributed by atoms with Crippen molar-refractivity contribution in [3.8, 4) is 11.5 Å². The first kappa shape index (κ1) is 21.3. The highest BCUT2D eigenvalue weighted by Crippen LogP contribution is 2.28. The second-order valence-electron chi connectivity index (χ2n) is 6.56. The molecule has 0 aliphatic rings. The Morgan fingerprint density at radius 1 is 1.07 bits per heavy atom. The van der Waals surface area contributed by atoms with Gasteiger partial charge in [0, 0.05) is 13.0 Å². The lowest BCUT2D eigenvalue weighted by Gasteiger charge is -2.29. The van der Waals surface area contributed by atoms with Crippen LogP contribution in [0.5, 0.6) is 11.5 Å². The van der Waals surface area contributed by atoms with Crippen molar-refractivity contribution in [1.29, 1.82) is 0 Å². The van der Waals surface area contributed by atoms with Crippen LogP contribution in [0.15, 0.2) is 48.5 Å². The number of carbonyl (C=O) groups is 2. The van der Waals surface area contributed by atoms with Crippen LogP contribution in [0.4, 0.5) is 0 Å². The maximum atomic E-state index is 12.4. The number of carboxylic acid groups (broad SMARTS) is 1. The van der Waals surface area contributed by atoms with Crippen molar-refractivity contribution in [1.82, 2.24) is 5.32 Å². The molecule has 150 valence electrons. The van der Waals surface area contributed by atoms with Crippen molar-refractivity contribution in [3.63, 3.8) is 0 Å². The zero-order valence-electron chi connectivity index (χ0n) is 16.5. The first-order chi connectivity index (χ1) is 13.5. The Bertz CT molecular complexity index is 806. The van der Waals surface area contributed by atoms with Gasteiger partial charge in [0.15, 0.2) is 0 Å². The average molecular weight is 385 g/mol. The van der Waals surface area contributed by atoms with Crippen LogP contribution >= 0.6 is 0 Å². The summed E-state index contributed by atoms with van der Waals surface area (Å²) >= 11 is 0. The van der Waals surface area contributed by atoms with E-state index in [1.807, 2.05) is 19.1 Å². The highest BCUT2D eigenvalue weighted by Gasteiger charge is 2.38. The third kappa shape index (κ3) is 4.82. The summed E-state index contributed by atoms with van der Waals surface area (Å²) in [5.41, 5.74) is 0.393. The Kier molecular flexibility index (Phi) is 7.44. The van der Waals surface area contributed by atoms with Crippen LogP contribution in [0.2, 0.25) is 0 Å². The molecule has 1 unspecified atom stereocenters. The third-order valence-electron chi connectivity index (χ3n) is 5.04. The molecule has 1 atom stereocenters. The largest absolute Gasteiger partial charge is 0.497 e. The molecule has 0 aromatic heterocycles. The Morgan fingerprint density at radius 3 is 2.36 bits per heavy atom. The smallest absolute Gasteiger partial charge is 0.315 e. The van der Waals surface area contributed by atoms with Crippen LogP contribution in [0.3, 0.4) is 0 Å². The zero-order chi connectivity index (χ0) is 20.6. The number of amides is 1. The number of carbonyl (C=O) groups excluding carboxylic acids is 1. The van der Waals surface area contributed by atoms with E-state index in [0.29, 0.717) is 29.9 Å². The lowest BCUT2D eigenvalue weighted by molar-refractivity contribution is -0.144. The van der Waals surface area contributed by atoms with Gasteiger partial charge in [-0.3, -0.25) is 9.59 Å². The number of aryl methyl sites for hydroxylation is 1. The van der Waals surface area contributed by atoms with Gasteiger partial charge in [0.2, 0.25) is 5.91 Å². The van der Waals surface area contributed by atoms with Crippen molar-refractivity contribution < 1.29 is 24.2 Å². The lowest BCUT2D eigenvalue weighted by Crippen LogP contribution is -2.46. The molecule has 0 heterocycles. The van der Waals surface area contributed by atoms with Crippen LogP contribution in [0.25, 0.3) is 0 Å². The number of carboxylic acids is 1. The van der Waals surface area contributed by atoms with Crippen LogP contribution < -0.4 is 14.8 Å². The Morgan fingerprint density at radius 2 is 1.79 bits per heavy atom. The molecular weight excluding hydrogens is 358 g/mol. The summed E-state index contributed by atoms with van der Waals surface area (Å²) in [4.78, 5) is 24.4. The molecule has 0 aliphatic carbocycles. The second kappa shape index (κ2) is 9.78. The Balaban J connectivity index is 2.05. The van der Waals surface area contributed by atoms with Crippen molar-refractivity contribution in [2.24, 2.45) is 0 Å². The van der Waals surface area contributed by atoms with E-state index < -0.39 is 11.4 Å². The van der Waals surface area contributed by atoms with Crippen LogP contribution in [-0.2, 0) is 21.4 Å². The molecule has 0 fully saturated rings. The molecule has 6 nitrogen and oxygen atoms in total. The van der Waals surface area contributed by atoms with E-state index in [0.717, 1.165) is 5.56 Å². The summed E-state index contributed by atoms with van der Waals surface area (Å²) in [5.74, 6) is 0.221. The van der Waals surface area contributed by atoms with Crippen LogP contribution in [-0.4, -0.2) is 37.7 Å². The predicted molar refractivity (Wildman–Crippen MR) is 107 cm³/mol. The monoisotopic (exact) mass is 385 g/mol. The van der Waals surface area contributed by atoms with E-state index >= 15 is 0 Å². The van der Waals surface area contributed by atoms with Crippen molar-refractivity contribution in [2.75, 3.05) is 20.8 Å². The molecule has 2 N–H and O–H groups in total. The number of methoxy groups -OCH3 is 2. The molecule has 0 aliphatic heterocycles. The summed E-state index contributed by atoms with van der Waals surface area (Å²) in [6, 6.07) is 14.4. The molecule has 0 saturated carbocycles. The highest BCUT2D eigenvalue weighted by molar-refractivity contribution is 5.83. The first-order valence-electron chi connectivity index (χ1n) is 9.23. The van der Waals surface area contributed by atoms with Crippen molar-refractivity contribution in [2.45, 2.75) is 31.6 Å². The van der Waals surface area contributed by atoms with Gasteiger partial charge < -0.3 is 19.9 Å². The van der Waals surface area contributed by atoms with Crippen molar-refractivity contribution >= 4 is 11.9 Å². The maximum Gasteiger partial charge on any atom is 0.315 e. The summed E-state index contributed by atoms with van der Waals surface area (Å²) in [6.07, 6.45) is 1.05. The quantitative estimate of drug-likeness (QED) is 0.656. The minimum atomic E-state index is -1.15. The fourth-order valence-electron chi connectivity index (χ4n) is 3.20. The number of hydrogen-bond donors (Lipinski definition) is 2. The molecule has 0 bridgehead atoms. The van der Waals surface area contributed by atoms with Gasteiger partial charge in [-0.15, -0.1) is 0 Å². The summed E-state index contributed by atoms with van der Waals surface area (Å²) in [5, 5.41) is 12.6. The SMILES string of the molecule is CCC(CNC(=O)CCc1cc(OC)ccc1OC)(C(=O)O)c1ccccc1. The molecule has 6 heteroatoms. The van der Waals surface area contributed by atoms with Gasteiger partial charge in [-0.25, -0.2) is 0 Å². The minimum Gasteiger partial charge on any atom is -0.497 e. The van der Waals surface area contributed by atoms with Gasteiger partial charge in [-0.2, -0.15) is 0 Å². The van der Waals surface area contributed by atoms with Gasteiger partial charge in [-0.05, 0) is 42.2 Å².